The van der Waals surface area contributed by atoms with Gasteiger partial charge in [-0.05, 0) is 43.9 Å². The number of hydrogen-bond acceptors (Lipinski definition) is 5. The lowest BCUT2D eigenvalue weighted by Gasteiger charge is -2.39. The van der Waals surface area contributed by atoms with E-state index < -0.39 is 11.9 Å². The molecule has 4 atom stereocenters. The van der Waals surface area contributed by atoms with Gasteiger partial charge in [-0.3, -0.25) is 4.79 Å². The van der Waals surface area contributed by atoms with Gasteiger partial charge < -0.3 is 14.9 Å². The Bertz CT molecular complexity index is 790. The minimum atomic E-state index is -2.87. The zero-order chi connectivity index (χ0) is 18.9. The van der Waals surface area contributed by atoms with Gasteiger partial charge in [0.1, 0.15) is 11.5 Å². The largest absolute Gasteiger partial charge is 0.481 e. The van der Waals surface area contributed by atoms with Crippen molar-refractivity contribution in [2.45, 2.75) is 51.0 Å². The fourth-order valence-electron chi connectivity index (χ4n) is 5.14. The number of piperidine rings is 1. The Morgan fingerprint density at radius 3 is 2.63 bits per heavy atom. The van der Waals surface area contributed by atoms with Crippen LogP contribution >= 0.6 is 0 Å². The fraction of sp³-hybridized carbons (Fsp3) is 0.737. The number of alkyl halides is 2. The summed E-state index contributed by atoms with van der Waals surface area (Å²) in [7, 11) is 0. The van der Waals surface area contributed by atoms with Crippen molar-refractivity contribution in [1.29, 1.82) is 0 Å². The quantitative estimate of drug-likeness (QED) is 0.850. The molecular weight excluding hydrogens is 354 g/mol. The molecule has 3 heterocycles. The summed E-state index contributed by atoms with van der Waals surface area (Å²) in [5.41, 5.74) is 0.532. The molecule has 0 aromatic carbocycles. The summed E-state index contributed by atoms with van der Waals surface area (Å²) >= 11 is 0. The predicted octanol–water partition coefficient (Wildman–Crippen LogP) is 2.66. The van der Waals surface area contributed by atoms with Gasteiger partial charge in [0.15, 0.2) is 0 Å². The topological polar surface area (TPSA) is 69.6 Å². The zero-order valence-corrected chi connectivity index (χ0v) is 15.4. The van der Waals surface area contributed by atoms with Crippen molar-refractivity contribution in [3.63, 3.8) is 0 Å². The first-order valence-electron chi connectivity index (χ1n) is 9.88. The second-order valence-corrected chi connectivity index (χ2v) is 8.54. The maximum atomic E-state index is 14.4. The summed E-state index contributed by atoms with van der Waals surface area (Å²) in [6, 6.07) is 0.290. The van der Waals surface area contributed by atoms with Crippen molar-refractivity contribution in [1.82, 2.24) is 9.97 Å². The van der Waals surface area contributed by atoms with Crippen LogP contribution in [0.3, 0.4) is 0 Å². The van der Waals surface area contributed by atoms with Gasteiger partial charge >= 0.3 is 5.97 Å². The molecule has 1 N–H and O–H groups in total. The Labute approximate surface area is 156 Å². The number of anilines is 2. The fourth-order valence-corrected chi connectivity index (χ4v) is 5.14. The molecule has 27 heavy (non-hydrogen) atoms. The van der Waals surface area contributed by atoms with Crippen LogP contribution in [-0.4, -0.2) is 46.7 Å². The predicted molar refractivity (Wildman–Crippen MR) is 95.2 cm³/mol. The molecule has 0 unspecified atom stereocenters. The number of hydrogen-bond donors (Lipinski definition) is 1. The van der Waals surface area contributed by atoms with Crippen molar-refractivity contribution in [2.24, 2.45) is 17.8 Å². The highest BCUT2D eigenvalue weighted by atomic mass is 19.3. The Morgan fingerprint density at radius 2 is 2.04 bits per heavy atom. The number of aromatic nitrogens is 2. The molecule has 6 nitrogen and oxygen atoms in total. The minimum absolute atomic E-state index is 0.0791. The lowest BCUT2D eigenvalue weighted by Crippen LogP contribution is -2.47. The second-order valence-electron chi connectivity index (χ2n) is 8.54. The molecule has 8 heteroatoms. The Hall–Kier alpha value is -1.99. The molecule has 0 bridgehead atoms. The normalized spacial score (nSPS) is 32.9. The molecule has 146 valence electrons. The Kier molecular flexibility index (Phi) is 3.65. The molecule has 1 saturated carbocycles. The maximum absolute atomic E-state index is 14.4. The molecule has 2 aliphatic carbocycles. The van der Waals surface area contributed by atoms with Crippen LogP contribution in [0.15, 0.2) is 0 Å². The van der Waals surface area contributed by atoms with Gasteiger partial charge in [-0.25, -0.2) is 4.98 Å². The standard InChI is InChI=1S/C19H24F2N4O2/c1-10-5-7-25(10)18-22-16-12(4-6-19(16,20)21)17(23-18)24-8-13-11(14(13)9-24)2-3-15(26)27/h10-11,13-14H,2-9H2,1H3,(H,26,27)/t10-,11-,13-,14+/m0/s1. The van der Waals surface area contributed by atoms with Crippen LogP contribution in [-0.2, 0) is 17.1 Å². The van der Waals surface area contributed by atoms with Crippen LogP contribution in [0, 0.1) is 17.8 Å². The van der Waals surface area contributed by atoms with E-state index in [1.165, 1.54) is 0 Å². The Balaban J connectivity index is 1.40. The van der Waals surface area contributed by atoms with Crippen LogP contribution in [0.1, 0.15) is 43.9 Å². The number of aliphatic carboxylic acids is 1. The van der Waals surface area contributed by atoms with Crippen LogP contribution in [0.4, 0.5) is 20.5 Å². The first-order valence-corrected chi connectivity index (χ1v) is 9.88. The third-order valence-electron chi connectivity index (χ3n) is 6.95. The van der Waals surface area contributed by atoms with Gasteiger partial charge in [0.25, 0.3) is 5.92 Å². The lowest BCUT2D eigenvalue weighted by molar-refractivity contribution is -0.137. The van der Waals surface area contributed by atoms with Crippen LogP contribution in [0.25, 0.3) is 0 Å². The molecular formula is C19H24F2N4O2. The number of nitrogens with zero attached hydrogens (tertiary/aromatic N) is 4. The first-order chi connectivity index (χ1) is 12.8. The first kappa shape index (κ1) is 17.1. The van der Waals surface area contributed by atoms with E-state index in [0.29, 0.717) is 47.5 Å². The summed E-state index contributed by atoms with van der Waals surface area (Å²) in [5.74, 6) is -1.08. The van der Waals surface area contributed by atoms with E-state index in [1.807, 2.05) is 4.90 Å². The molecule has 4 aliphatic rings. The maximum Gasteiger partial charge on any atom is 0.303 e. The molecule has 0 spiro atoms. The number of carboxylic acids is 1. The van der Waals surface area contributed by atoms with Gasteiger partial charge in [-0.1, -0.05) is 0 Å². The minimum Gasteiger partial charge on any atom is -0.481 e. The monoisotopic (exact) mass is 378 g/mol. The van der Waals surface area contributed by atoms with Crippen molar-refractivity contribution in [3.8, 4) is 0 Å². The number of carboxylic acid groups (broad SMARTS) is 1. The average Bonchev–Trinajstić information content (AvgIpc) is 2.91. The molecule has 0 amide bonds. The van der Waals surface area contributed by atoms with E-state index in [-0.39, 0.29) is 18.5 Å². The molecule has 1 aromatic rings. The highest BCUT2D eigenvalue weighted by molar-refractivity contribution is 5.66. The highest BCUT2D eigenvalue weighted by Crippen LogP contribution is 2.55. The highest BCUT2D eigenvalue weighted by Gasteiger charge is 2.56. The third-order valence-corrected chi connectivity index (χ3v) is 6.95. The van der Waals surface area contributed by atoms with Crippen LogP contribution in [0.5, 0.6) is 0 Å². The number of halogens is 2. The molecule has 2 saturated heterocycles. The van der Waals surface area contributed by atoms with Crippen molar-refractivity contribution in [3.05, 3.63) is 11.3 Å². The summed E-state index contributed by atoms with van der Waals surface area (Å²) in [6.07, 6.45) is 2.09. The van der Waals surface area contributed by atoms with E-state index in [9.17, 15) is 13.6 Å². The van der Waals surface area contributed by atoms with Crippen LogP contribution < -0.4 is 9.80 Å². The molecule has 5 rings (SSSR count). The summed E-state index contributed by atoms with van der Waals surface area (Å²) in [5, 5.41) is 8.87. The van der Waals surface area contributed by atoms with Gasteiger partial charge in [-0.15, -0.1) is 0 Å². The van der Waals surface area contributed by atoms with E-state index in [1.54, 1.807) is 0 Å². The lowest BCUT2D eigenvalue weighted by atomic mass is 10.1. The molecule has 0 radical (unpaired) electrons. The van der Waals surface area contributed by atoms with Crippen molar-refractivity contribution in [2.75, 3.05) is 29.4 Å². The molecule has 3 fully saturated rings. The summed E-state index contributed by atoms with van der Waals surface area (Å²) < 4.78 is 28.8. The second kappa shape index (κ2) is 5.75. The smallest absolute Gasteiger partial charge is 0.303 e. The molecule has 2 aliphatic heterocycles. The van der Waals surface area contributed by atoms with Gasteiger partial charge in [-0.2, -0.15) is 13.8 Å². The number of rotatable bonds is 5. The van der Waals surface area contributed by atoms with E-state index in [4.69, 9.17) is 10.1 Å². The van der Waals surface area contributed by atoms with Gasteiger partial charge in [0, 0.05) is 44.1 Å². The average molecular weight is 378 g/mol. The zero-order valence-electron chi connectivity index (χ0n) is 15.4. The van der Waals surface area contributed by atoms with Crippen molar-refractivity contribution >= 4 is 17.7 Å². The SMILES string of the molecule is C[C@H]1CCN1c1nc(N2C[C@@H]3[C@@H](CCC(=O)O)[C@@H]3C2)c2c(n1)C(F)(F)CC2. The van der Waals surface area contributed by atoms with E-state index >= 15 is 0 Å². The third kappa shape index (κ3) is 2.67. The molecule has 1 aromatic heterocycles. The van der Waals surface area contributed by atoms with Crippen LogP contribution in [0.2, 0.25) is 0 Å². The Morgan fingerprint density at radius 1 is 1.30 bits per heavy atom. The summed E-state index contributed by atoms with van der Waals surface area (Å²) in [4.78, 5) is 23.9. The van der Waals surface area contributed by atoms with Crippen molar-refractivity contribution < 1.29 is 18.7 Å². The van der Waals surface area contributed by atoms with E-state index in [2.05, 4.69) is 16.8 Å². The number of carbonyl (C=O) groups is 1. The van der Waals surface area contributed by atoms with E-state index in [0.717, 1.165) is 32.5 Å². The number of fused-ring (bicyclic) bond motifs is 2. The summed E-state index contributed by atoms with van der Waals surface area (Å²) in [6.45, 7) is 4.46. The van der Waals surface area contributed by atoms with Gasteiger partial charge in [0.2, 0.25) is 5.95 Å². The van der Waals surface area contributed by atoms with Gasteiger partial charge in [0.05, 0.1) is 0 Å².